The number of halogens is 1. The molecule has 144 valence electrons. The second kappa shape index (κ2) is 7.66. The van der Waals surface area contributed by atoms with Gasteiger partial charge in [0.15, 0.2) is 0 Å². The zero-order chi connectivity index (χ0) is 19.7. The van der Waals surface area contributed by atoms with Crippen LogP contribution in [0.25, 0.3) is 11.0 Å². The first-order valence-electron chi connectivity index (χ1n) is 8.96. The lowest BCUT2D eigenvalue weighted by atomic mass is 9.95. The van der Waals surface area contributed by atoms with Crippen molar-refractivity contribution in [2.24, 2.45) is 0 Å². The Morgan fingerprint density at radius 1 is 1.21 bits per heavy atom. The van der Waals surface area contributed by atoms with E-state index in [2.05, 4.69) is 10.3 Å². The maximum atomic E-state index is 13.0. The number of para-hydroxylation sites is 2. The first-order chi connectivity index (χ1) is 13.6. The van der Waals surface area contributed by atoms with Gasteiger partial charge in [-0.3, -0.25) is 4.57 Å². The molecule has 2 heterocycles. The SMILES string of the molecule is COCCOC(=O)C1=C(C)Nc2nc3ccccc3n2[C@@H]1c1cccc(Cl)c1. The average Bonchev–Trinajstić information content (AvgIpc) is 3.04. The standard InChI is InChI=1S/C21H20ClN3O3/c1-13-18(20(26)28-11-10-27-2)19(14-6-5-7-15(22)12-14)25-17-9-4-3-8-16(17)24-21(25)23-13/h3-9,12,19H,10-11H2,1-2H3,(H,23,24)/t19-/m1/s1. The first kappa shape index (κ1) is 18.5. The summed E-state index contributed by atoms with van der Waals surface area (Å²) in [6.07, 6.45) is 0. The van der Waals surface area contributed by atoms with E-state index in [4.69, 9.17) is 21.1 Å². The number of imidazole rings is 1. The van der Waals surface area contributed by atoms with Crippen LogP contribution in [0.3, 0.4) is 0 Å². The van der Waals surface area contributed by atoms with Crippen molar-refractivity contribution >= 4 is 34.6 Å². The van der Waals surface area contributed by atoms with Crippen LogP contribution < -0.4 is 5.32 Å². The quantitative estimate of drug-likeness (QED) is 0.517. The fraction of sp³-hybridized carbons (Fsp3) is 0.238. The minimum Gasteiger partial charge on any atom is -0.460 e. The number of hydrogen-bond acceptors (Lipinski definition) is 5. The number of carbonyl (C=O) groups excluding carboxylic acids is 1. The number of hydrogen-bond donors (Lipinski definition) is 1. The zero-order valence-corrected chi connectivity index (χ0v) is 16.4. The lowest BCUT2D eigenvalue weighted by molar-refractivity contribution is -0.140. The minimum atomic E-state index is -0.405. The van der Waals surface area contributed by atoms with Crippen LogP contribution in [-0.2, 0) is 14.3 Å². The fourth-order valence-electron chi connectivity index (χ4n) is 3.52. The van der Waals surface area contributed by atoms with Gasteiger partial charge in [-0.25, -0.2) is 9.78 Å². The molecule has 0 saturated heterocycles. The lowest BCUT2D eigenvalue weighted by Crippen LogP contribution is -2.29. The summed E-state index contributed by atoms with van der Waals surface area (Å²) in [7, 11) is 1.57. The summed E-state index contributed by atoms with van der Waals surface area (Å²) in [5.74, 6) is 0.285. The van der Waals surface area contributed by atoms with Crippen molar-refractivity contribution in [3.05, 3.63) is 70.4 Å². The van der Waals surface area contributed by atoms with Crippen molar-refractivity contribution in [3.8, 4) is 0 Å². The molecule has 2 aromatic carbocycles. The summed E-state index contributed by atoms with van der Waals surface area (Å²) in [6.45, 7) is 2.38. The van der Waals surface area contributed by atoms with Crippen LogP contribution in [0.4, 0.5) is 5.95 Å². The highest BCUT2D eigenvalue weighted by Gasteiger charge is 2.35. The lowest BCUT2D eigenvalue weighted by Gasteiger charge is -2.30. The molecule has 0 amide bonds. The molecular formula is C21H20ClN3O3. The van der Waals surface area contributed by atoms with Crippen molar-refractivity contribution in [1.82, 2.24) is 9.55 Å². The van der Waals surface area contributed by atoms with E-state index in [1.807, 2.05) is 60.0 Å². The normalized spacial score (nSPS) is 16.0. The predicted molar refractivity (Wildman–Crippen MR) is 108 cm³/mol. The topological polar surface area (TPSA) is 65.4 Å². The Bertz CT molecular complexity index is 1070. The van der Waals surface area contributed by atoms with Gasteiger partial charge in [-0.15, -0.1) is 0 Å². The summed E-state index contributed by atoms with van der Waals surface area (Å²) in [5.41, 5.74) is 3.88. The summed E-state index contributed by atoms with van der Waals surface area (Å²) >= 11 is 6.26. The van der Waals surface area contributed by atoms with Crippen LogP contribution in [0.15, 0.2) is 59.8 Å². The molecule has 1 atom stereocenters. The van der Waals surface area contributed by atoms with Crippen LogP contribution in [0, 0.1) is 0 Å². The molecule has 0 fully saturated rings. The molecule has 0 bridgehead atoms. The van der Waals surface area contributed by atoms with Gasteiger partial charge in [0.05, 0.1) is 29.3 Å². The number of allylic oxidation sites excluding steroid dienone is 1. The molecule has 28 heavy (non-hydrogen) atoms. The molecular weight excluding hydrogens is 378 g/mol. The Balaban J connectivity index is 1.88. The van der Waals surface area contributed by atoms with Gasteiger partial charge in [-0.05, 0) is 36.8 Å². The number of benzene rings is 2. The third kappa shape index (κ3) is 3.25. The Kier molecular flexibility index (Phi) is 5.07. The maximum Gasteiger partial charge on any atom is 0.338 e. The second-order valence-corrected chi connectivity index (χ2v) is 6.98. The molecule has 1 N–H and O–H groups in total. The number of fused-ring (bicyclic) bond motifs is 3. The van der Waals surface area contributed by atoms with Crippen LogP contribution in [0.1, 0.15) is 18.5 Å². The van der Waals surface area contributed by atoms with E-state index >= 15 is 0 Å². The third-order valence-corrected chi connectivity index (χ3v) is 4.97. The Hall–Kier alpha value is -2.83. The molecule has 3 aromatic rings. The number of carbonyl (C=O) groups is 1. The molecule has 0 radical (unpaired) electrons. The Morgan fingerprint density at radius 3 is 2.82 bits per heavy atom. The van der Waals surface area contributed by atoms with Crippen molar-refractivity contribution in [3.63, 3.8) is 0 Å². The number of anilines is 1. The van der Waals surface area contributed by atoms with Crippen LogP contribution in [-0.4, -0.2) is 35.8 Å². The molecule has 0 spiro atoms. The number of nitrogens with one attached hydrogen (secondary N) is 1. The molecule has 4 rings (SSSR count). The minimum absolute atomic E-state index is 0.186. The van der Waals surface area contributed by atoms with E-state index in [0.717, 1.165) is 16.6 Å². The number of nitrogens with zero attached hydrogens (tertiary/aromatic N) is 2. The molecule has 1 aliphatic heterocycles. The smallest absolute Gasteiger partial charge is 0.338 e. The fourth-order valence-corrected chi connectivity index (χ4v) is 3.71. The highest BCUT2D eigenvalue weighted by Crippen LogP contribution is 2.39. The number of rotatable bonds is 5. The number of aromatic nitrogens is 2. The van der Waals surface area contributed by atoms with Gasteiger partial charge in [-0.1, -0.05) is 35.9 Å². The average molecular weight is 398 g/mol. The number of methoxy groups -OCH3 is 1. The monoisotopic (exact) mass is 397 g/mol. The van der Waals surface area contributed by atoms with E-state index in [0.29, 0.717) is 28.8 Å². The van der Waals surface area contributed by atoms with Gasteiger partial charge in [0.25, 0.3) is 0 Å². The molecule has 0 saturated carbocycles. The van der Waals surface area contributed by atoms with Gasteiger partial charge in [-0.2, -0.15) is 0 Å². The van der Waals surface area contributed by atoms with Crippen molar-refractivity contribution in [1.29, 1.82) is 0 Å². The second-order valence-electron chi connectivity index (χ2n) is 6.54. The highest BCUT2D eigenvalue weighted by molar-refractivity contribution is 6.30. The van der Waals surface area contributed by atoms with Gasteiger partial charge in [0, 0.05) is 17.8 Å². The Morgan fingerprint density at radius 2 is 2.04 bits per heavy atom. The van der Waals surface area contributed by atoms with E-state index in [9.17, 15) is 4.79 Å². The molecule has 6 nitrogen and oxygen atoms in total. The molecule has 0 aliphatic carbocycles. The molecule has 0 unspecified atom stereocenters. The van der Waals surface area contributed by atoms with E-state index in [-0.39, 0.29) is 6.61 Å². The predicted octanol–water partition coefficient (Wildman–Crippen LogP) is 4.17. The van der Waals surface area contributed by atoms with Crippen molar-refractivity contribution < 1.29 is 14.3 Å². The highest BCUT2D eigenvalue weighted by atomic mass is 35.5. The zero-order valence-electron chi connectivity index (χ0n) is 15.6. The first-order valence-corrected chi connectivity index (χ1v) is 9.34. The Labute approximate surface area is 167 Å². The van der Waals surface area contributed by atoms with E-state index in [1.54, 1.807) is 7.11 Å². The number of ether oxygens (including phenoxy) is 2. The van der Waals surface area contributed by atoms with Gasteiger partial charge < -0.3 is 14.8 Å². The summed E-state index contributed by atoms with van der Waals surface area (Å²) < 4.78 is 12.5. The van der Waals surface area contributed by atoms with E-state index in [1.165, 1.54) is 0 Å². The maximum absolute atomic E-state index is 13.0. The number of esters is 1. The molecule has 1 aromatic heterocycles. The summed E-state index contributed by atoms with van der Waals surface area (Å²) in [6, 6.07) is 14.9. The largest absolute Gasteiger partial charge is 0.460 e. The van der Waals surface area contributed by atoms with E-state index < -0.39 is 12.0 Å². The van der Waals surface area contributed by atoms with Crippen LogP contribution in [0.5, 0.6) is 0 Å². The van der Waals surface area contributed by atoms with Crippen molar-refractivity contribution in [2.45, 2.75) is 13.0 Å². The van der Waals surface area contributed by atoms with Gasteiger partial charge in [0.2, 0.25) is 5.95 Å². The third-order valence-electron chi connectivity index (χ3n) is 4.74. The van der Waals surface area contributed by atoms with Crippen LogP contribution >= 0.6 is 11.6 Å². The molecule has 7 heteroatoms. The summed E-state index contributed by atoms with van der Waals surface area (Å²) in [4.78, 5) is 17.7. The van der Waals surface area contributed by atoms with Crippen LogP contribution in [0.2, 0.25) is 5.02 Å². The summed E-state index contributed by atoms with van der Waals surface area (Å²) in [5, 5.41) is 3.85. The molecule has 1 aliphatic rings. The van der Waals surface area contributed by atoms with Gasteiger partial charge >= 0.3 is 5.97 Å². The van der Waals surface area contributed by atoms with Gasteiger partial charge in [0.1, 0.15) is 6.61 Å². The van der Waals surface area contributed by atoms with Crippen molar-refractivity contribution in [2.75, 3.05) is 25.6 Å².